The molecule has 2 unspecified atom stereocenters. The lowest BCUT2D eigenvalue weighted by Crippen LogP contribution is -2.39. The Balaban J connectivity index is 2.19. The van der Waals surface area contributed by atoms with Crippen LogP contribution in [0.1, 0.15) is 25.3 Å². The van der Waals surface area contributed by atoms with Crippen LogP contribution in [0, 0.1) is 11.7 Å². The monoisotopic (exact) mass is 225 g/mol. The average molecular weight is 225 g/mol. The maximum Gasteiger partial charge on any atom is 0.137 e. The number of rotatable bonds is 2. The molecule has 1 aliphatic rings. The number of hydrogen-bond donors (Lipinski definition) is 1. The fraction of sp³-hybridized carbons (Fsp3) is 0.538. The van der Waals surface area contributed by atoms with Gasteiger partial charge in [-0.25, -0.2) is 8.78 Å². The molecule has 1 aromatic rings. The van der Waals surface area contributed by atoms with Gasteiger partial charge < -0.3 is 5.32 Å². The van der Waals surface area contributed by atoms with Crippen LogP contribution in [0.2, 0.25) is 0 Å². The van der Waals surface area contributed by atoms with Crippen molar-refractivity contribution in [2.75, 3.05) is 13.1 Å². The van der Waals surface area contributed by atoms with Crippen LogP contribution >= 0.6 is 0 Å². The molecule has 2 atom stereocenters. The van der Waals surface area contributed by atoms with E-state index in [1.54, 1.807) is 19.1 Å². The highest BCUT2D eigenvalue weighted by atomic mass is 19.1. The summed E-state index contributed by atoms with van der Waals surface area (Å²) in [7, 11) is 0. The molecule has 0 saturated carbocycles. The van der Waals surface area contributed by atoms with E-state index in [0.717, 1.165) is 19.4 Å². The molecule has 3 heteroatoms. The lowest BCUT2D eigenvalue weighted by atomic mass is 9.80. The van der Waals surface area contributed by atoms with Crippen LogP contribution in [0.25, 0.3) is 0 Å². The van der Waals surface area contributed by atoms with E-state index in [4.69, 9.17) is 0 Å². The van der Waals surface area contributed by atoms with Crippen molar-refractivity contribution in [3.8, 4) is 0 Å². The quantitative estimate of drug-likeness (QED) is 0.815. The molecule has 1 N–H and O–H groups in total. The number of hydrogen-bond acceptors (Lipinski definition) is 1. The predicted molar refractivity (Wildman–Crippen MR) is 60.5 cm³/mol. The van der Waals surface area contributed by atoms with E-state index in [1.807, 2.05) is 0 Å². The summed E-state index contributed by atoms with van der Waals surface area (Å²) in [6.45, 7) is 3.26. The first-order chi connectivity index (χ1) is 7.60. The Morgan fingerprint density at radius 1 is 1.31 bits per heavy atom. The molecule has 0 radical (unpaired) electrons. The number of nitrogens with one attached hydrogen (secondary N) is 1. The van der Waals surface area contributed by atoms with Crippen molar-refractivity contribution in [2.45, 2.75) is 25.4 Å². The van der Waals surface area contributed by atoms with Crippen LogP contribution in [0.5, 0.6) is 0 Å². The summed E-state index contributed by atoms with van der Waals surface area (Å²) in [6.07, 6.45) is 1.89. The minimum atomic E-state index is -1.37. The normalized spacial score (nSPS) is 25.1. The van der Waals surface area contributed by atoms with E-state index in [-0.39, 0.29) is 11.7 Å². The average Bonchev–Trinajstić information content (AvgIpc) is 2.31. The molecule has 1 nitrogen and oxygen atoms in total. The standard InChI is InChI=1S/C13H17F2N/c1-13(15,11-3-2-8-16-9-11)10-4-6-12(14)7-5-10/h4-7,11,16H,2-3,8-9H2,1H3. The van der Waals surface area contributed by atoms with Crippen molar-refractivity contribution in [1.82, 2.24) is 5.32 Å². The molecule has 1 heterocycles. The summed E-state index contributed by atoms with van der Waals surface area (Å²) in [5.74, 6) is -0.340. The first-order valence-corrected chi connectivity index (χ1v) is 5.76. The molecule has 1 aliphatic heterocycles. The Bertz CT molecular complexity index is 339. The largest absolute Gasteiger partial charge is 0.316 e. The molecular formula is C13H17F2N. The summed E-state index contributed by atoms with van der Waals surface area (Å²) in [5.41, 5.74) is -0.802. The van der Waals surface area contributed by atoms with Gasteiger partial charge in [0.2, 0.25) is 0 Å². The topological polar surface area (TPSA) is 12.0 Å². The summed E-state index contributed by atoms with van der Waals surface area (Å²) in [5, 5.41) is 3.21. The fourth-order valence-electron chi connectivity index (χ4n) is 2.33. The maximum absolute atomic E-state index is 14.7. The summed E-state index contributed by atoms with van der Waals surface area (Å²) in [6, 6.07) is 5.74. The highest BCUT2D eigenvalue weighted by molar-refractivity contribution is 5.23. The molecule has 16 heavy (non-hydrogen) atoms. The van der Waals surface area contributed by atoms with Crippen LogP contribution in [-0.2, 0) is 5.67 Å². The predicted octanol–water partition coefficient (Wildman–Crippen LogP) is 3.01. The van der Waals surface area contributed by atoms with E-state index in [0.29, 0.717) is 12.1 Å². The third kappa shape index (κ3) is 2.24. The van der Waals surface area contributed by atoms with Gasteiger partial charge in [0.15, 0.2) is 0 Å². The molecular weight excluding hydrogens is 208 g/mol. The maximum atomic E-state index is 14.7. The number of halogens is 2. The van der Waals surface area contributed by atoms with Gasteiger partial charge in [0, 0.05) is 12.5 Å². The van der Waals surface area contributed by atoms with Gasteiger partial charge in [-0.05, 0) is 44.0 Å². The van der Waals surface area contributed by atoms with Crippen LogP contribution < -0.4 is 5.32 Å². The second kappa shape index (κ2) is 4.50. The zero-order chi connectivity index (χ0) is 11.6. The van der Waals surface area contributed by atoms with Gasteiger partial charge in [-0.1, -0.05) is 12.1 Å². The lowest BCUT2D eigenvalue weighted by molar-refractivity contribution is 0.0811. The minimum absolute atomic E-state index is 0.0216. The summed E-state index contributed by atoms with van der Waals surface area (Å²) >= 11 is 0. The van der Waals surface area contributed by atoms with Gasteiger partial charge in [-0.15, -0.1) is 0 Å². The van der Waals surface area contributed by atoms with E-state index >= 15 is 0 Å². The van der Waals surface area contributed by atoms with Crippen molar-refractivity contribution < 1.29 is 8.78 Å². The molecule has 1 fully saturated rings. The Kier molecular flexibility index (Phi) is 3.24. The molecule has 2 rings (SSSR count). The molecule has 0 aliphatic carbocycles. The van der Waals surface area contributed by atoms with Crippen LogP contribution in [0.3, 0.4) is 0 Å². The zero-order valence-corrected chi connectivity index (χ0v) is 9.47. The third-order valence-electron chi connectivity index (χ3n) is 3.47. The van der Waals surface area contributed by atoms with Gasteiger partial charge in [0.25, 0.3) is 0 Å². The second-order valence-electron chi connectivity index (χ2n) is 4.63. The smallest absolute Gasteiger partial charge is 0.137 e. The third-order valence-corrected chi connectivity index (χ3v) is 3.47. The summed E-state index contributed by atoms with van der Waals surface area (Å²) in [4.78, 5) is 0. The van der Waals surface area contributed by atoms with E-state index in [2.05, 4.69) is 5.32 Å². The van der Waals surface area contributed by atoms with Crippen molar-refractivity contribution in [2.24, 2.45) is 5.92 Å². The highest BCUT2D eigenvalue weighted by Crippen LogP contribution is 2.37. The first kappa shape index (κ1) is 11.5. The minimum Gasteiger partial charge on any atom is -0.316 e. The molecule has 0 bridgehead atoms. The molecule has 0 aromatic heterocycles. The first-order valence-electron chi connectivity index (χ1n) is 5.76. The Morgan fingerprint density at radius 3 is 2.56 bits per heavy atom. The SMILES string of the molecule is CC(F)(c1ccc(F)cc1)C1CCCNC1. The van der Waals surface area contributed by atoms with Gasteiger partial charge in [-0.2, -0.15) is 0 Å². The fourth-order valence-corrected chi connectivity index (χ4v) is 2.33. The van der Waals surface area contributed by atoms with Crippen LogP contribution in [0.15, 0.2) is 24.3 Å². The zero-order valence-electron chi connectivity index (χ0n) is 9.47. The van der Waals surface area contributed by atoms with Gasteiger partial charge in [0.1, 0.15) is 11.5 Å². The molecule has 1 saturated heterocycles. The molecule has 0 spiro atoms. The Morgan fingerprint density at radius 2 is 2.00 bits per heavy atom. The van der Waals surface area contributed by atoms with Gasteiger partial charge >= 0.3 is 0 Å². The highest BCUT2D eigenvalue weighted by Gasteiger charge is 2.36. The molecule has 88 valence electrons. The van der Waals surface area contributed by atoms with Crippen molar-refractivity contribution >= 4 is 0 Å². The molecule has 0 amide bonds. The Labute approximate surface area is 94.9 Å². The summed E-state index contributed by atoms with van der Waals surface area (Å²) < 4.78 is 27.5. The van der Waals surface area contributed by atoms with Gasteiger partial charge in [0.05, 0.1) is 0 Å². The van der Waals surface area contributed by atoms with Crippen molar-refractivity contribution in [3.05, 3.63) is 35.6 Å². The van der Waals surface area contributed by atoms with Crippen LogP contribution in [-0.4, -0.2) is 13.1 Å². The second-order valence-corrected chi connectivity index (χ2v) is 4.63. The number of alkyl halides is 1. The van der Waals surface area contributed by atoms with Gasteiger partial charge in [-0.3, -0.25) is 0 Å². The number of benzene rings is 1. The van der Waals surface area contributed by atoms with E-state index in [1.165, 1.54) is 12.1 Å². The van der Waals surface area contributed by atoms with Crippen molar-refractivity contribution in [3.63, 3.8) is 0 Å². The molecule has 1 aromatic carbocycles. The van der Waals surface area contributed by atoms with E-state index in [9.17, 15) is 8.78 Å². The Hall–Kier alpha value is -0.960. The van der Waals surface area contributed by atoms with E-state index < -0.39 is 5.67 Å². The van der Waals surface area contributed by atoms with Crippen molar-refractivity contribution in [1.29, 1.82) is 0 Å². The number of piperidine rings is 1. The lowest BCUT2D eigenvalue weighted by Gasteiger charge is -2.34. The van der Waals surface area contributed by atoms with Crippen LogP contribution in [0.4, 0.5) is 8.78 Å².